The Kier molecular flexibility index (Phi) is 3.95. The van der Waals surface area contributed by atoms with E-state index in [0.717, 1.165) is 24.2 Å². The van der Waals surface area contributed by atoms with Gasteiger partial charge in [0.2, 0.25) is 0 Å². The molecule has 4 rings (SSSR count). The Balaban J connectivity index is 1.87. The van der Waals surface area contributed by atoms with Gasteiger partial charge >= 0.3 is 0 Å². The highest BCUT2D eigenvalue weighted by Crippen LogP contribution is 2.36. The zero-order valence-electron chi connectivity index (χ0n) is 14.8. The number of likely N-dealkylation sites (N-methyl/N-ethyl adjacent to an activating group) is 1. The number of anilines is 2. The summed E-state index contributed by atoms with van der Waals surface area (Å²) in [6.07, 6.45) is 3.28. The van der Waals surface area contributed by atoms with Crippen LogP contribution in [0, 0.1) is 10.1 Å². The average molecular weight is 348 g/mol. The summed E-state index contributed by atoms with van der Waals surface area (Å²) in [6, 6.07) is 14.0. The first kappa shape index (κ1) is 16.3. The van der Waals surface area contributed by atoms with Gasteiger partial charge in [0.25, 0.3) is 5.69 Å². The van der Waals surface area contributed by atoms with Gasteiger partial charge in [0.1, 0.15) is 0 Å². The number of nitro groups is 1. The highest BCUT2D eigenvalue weighted by Gasteiger charge is 2.26. The average Bonchev–Trinajstić information content (AvgIpc) is 2.77. The quantitative estimate of drug-likeness (QED) is 0.518. The zero-order chi connectivity index (χ0) is 18.3. The number of aromatic nitrogens is 1. The van der Waals surface area contributed by atoms with Crippen molar-refractivity contribution in [3.05, 3.63) is 70.5 Å². The Labute approximate surface area is 151 Å². The second-order valence-corrected chi connectivity index (χ2v) is 6.77. The SMILES string of the molecule is CC1CN(C)c2ccccc2CN1c1ccc([N+](=O)[O-])c2cnccc12. The predicted molar refractivity (Wildman–Crippen MR) is 104 cm³/mol. The summed E-state index contributed by atoms with van der Waals surface area (Å²) >= 11 is 0. The van der Waals surface area contributed by atoms with Gasteiger partial charge in [0, 0.05) is 61.4 Å². The number of hydrogen-bond donors (Lipinski definition) is 0. The molecule has 1 atom stereocenters. The molecule has 1 aromatic heterocycles. The van der Waals surface area contributed by atoms with Crippen molar-refractivity contribution in [1.82, 2.24) is 4.98 Å². The minimum absolute atomic E-state index is 0.0943. The molecule has 1 unspecified atom stereocenters. The van der Waals surface area contributed by atoms with Gasteiger partial charge in [-0.2, -0.15) is 0 Å². The first-order valence-electron chi connectivity index (χ1n) is 8.63. The van der Waals surface area contributed by atoms with Gasteiger partial charge < -0.3 is 9.80 Å². The molecule has 0 radical (unpaired) electrons. The maximum absolute atomic E-state index is 11.4. The van der Waals surface area contributed by atoms with Gasteiger partial charge in [-0.15, -0.1) is 0 Å². The lowest BCUT2D eigenvalue weighted by atomic mass is 10.1. The van der Waals surface area contributed by atoms with E-state index in [4.69, 9.17) is 0 Å². The monoisotopic (exact) mass is 348 g/mol. The molecule has 6 heteroatoms. The molecule has 0 fully saturated rings. The summed E-state index contributed by atoms with van der Waals surface area (Å²) < 4.78 is 0. The van der Waals surface area contributed by atoms with Crippen molar-refractivity contribution in [3.63, 3.8) is 0 Å². The molecule has 132 valence electrons. The number of nitrogens with zero attached hydrogens (tertiary/aromatic N) is 4. The number of non-ortho nitro benzene ring substituents is 1. The number of nitro benzene ring substituents is 1. The van der Waals surface area contributed by atoms with Crippen LogP contribution in [0.25, 0.3) is 10.8 Å². The molecule has 0 spiro atoms. The van der Waals surface area contributed by atoms with Gasteiger partial charge in [-0.1, -0.05) is 18.2 Å². The van der Waals surface area contributed by atoms with Gasteiger partial charge in [0.15, 0.2) is 0 Å². The van der Waals surface area contributed by atoms with Crippen molar-refractivity contribution in [2.24, 2.45) is 0 Å². The zero-order valence-corrected chi connectivity index (χ0v) is 14.8. The number of para-hydroxylation sites is 1. The minimum atomic E-state index is -0.345. The molecule has 1 aliphatic heterocycles. The Morgan fingerprint density at radius 3 is 2.73 bits per heavy atom. The second-order valence-electron chi connectivity index (χ2n) is 6.77. The molecule has 0 N–H and O–H groups in total. The Hall–Kier alpha value is -3.15. The van der Waals surface area contributed by atoms with Crippen LogP contribution >= 0.6 is 0 Å². The number of benzene rings is 2. The molecule has 3 aromatic rings. The highest BCUT2D eigenvalue weighted by molar-refractivity contribution is 5.99. The Morgan fingerprint density at radius 2 is 1.92 bits per heavy atom. The van der Waals surface area contributed by atoms with E-state index in [1.54, 1.807) is 18.5 Å². The topological polar surface area (TPSA) is 62.5 Å². The summed E-state index contributed by atoms with van der Waals surface area (Å²) in [7, 11) is 2.11. The van der Waals surface area contributed by atoms with Crippen LogP contribution in [0.2, 0.25) is 0 Å². The number of hydrogen-bond acceptors (Lipinski definition) is 5. The maximum atomic E-state index is 11.4. The van der Waals surface area contributed by atoms with E-state index < -0.39 is 0 Å². The van der Waals surface area contributed by atoms with Crippen molar-refractivity contribution in [2.45, 2.75) is 19.5 Å². The standard InChI is InChI=1S/C20H20N4O2/c1-14-12-22(2)18-6-4-3-5-15(18)13-23(14)19-7-8-20(24(25)26)17-11-21-10-9-16(17)19/h3-11,14H,12-13H2,1-2H3. The van der Waals surface area contributed by atoms with Gasteiger partial charge in [-0.05, 0) is 30.7 Å². The molecule has 0 saturated heterocycles. The van der Waals surface area contributed by atoms with E-state index in [2.05, 4.69) is 53.0 Å². The third-order valence-electron chi connectivity index (χ3n) is 5.09. The summed E-state index contributed by atoms with van der Waals surface area (Å²) in [4.78, 5) is 19.7. The van der Waals surface area contributed by atoms with E-state index in [1.165, 1.54) is 11.3 Å². The second kappa shape index (κ2) is 6.29. The van der Waals surface area contributed by atoms with Crippen LogP contribution in [-0.2, 0) is 6.54 Å². The molecule has 1 aliphatic rings. The Bertz CT molecular complexity index is 988. The summed E-state index contributed by atoms with van der Waals surface area (Å²) in [5.41, 5.74) is 3.58. The molecule has 0 aliphatic carbocycles. The van der Waals surface area contributed by atoms with E-state index in [9.17, 15) is 10.1 Å². The summed E-state index contributed by atoms with van der Waals surface area (Å²) in [6.45, 7) is 3.83. The normalized spacial score (nSPS) is 17.1. The summed E-state index contributed by atoms with van der Waals surface area (Å²) in [5, 5.41) is 12.8. The third-order valence-corrected chi connectivity index (χ3v) is 5.09. The Morgan fingerprint density at radius 1 is 1.12 bits per heavy atom. The fourth-order valence-electron chi connectivity index (χ4n) is 3.84. The molecule has 26 heavy (non-hydrogen) atoms. The maximum Gasteiger partial charge on any atom is 0.278 e. The fraction of sp³-hybridized carbons (Fsp3) is 0.250. The van der Waals surface area contributed by atoms with Gasteiger partial charge in [0.05, 0.1) is 10.3 Å². The molecular formula is C20H20N4O2. The van der Waals surface area contributed by atoms with Crippen LogP contribution < -0.4 is 9.80 Å². The number of rotatable bonds is 2. The van der Waals surface area contributed by atoms with E-state index in [-0.39, 0.29) is 16.7 Å². The van der Waals surface area contributed by atoms with Crippen LogP contribution in [0.15, 0.2) is 54.9 Å². The van der Waals surface area contributed by atoms with E-state index in [0.29, 0.717) is 5.39 Å². The van der Waals surface area contributed by atoms with Gasteiger partial charge in [-0.3, -0.25) is 15.1 Å². The largest absolute Gasteiger partial charge is 0.372 e. The van der Waals surface area contributed by atoms with Crippen LogP contribution in [0.1, 0.15) is 12.5 Å². The fourth-order valence-corrected chi connectivity index (χ4v) is 3.84. The minimum Gasteiger partial charge on any atom is -0.372 e. The highest BCUT2D eigenvalue weighted by atomic mass is 16.6. The van der Waals surface area contributed by atoms with E-state index >= 15 is 0 Å². The lowest BCUT2D eigenvalue weighted by molar-refractivity contribution is -0.383. The van der Waals surface area contributed by atoms with Crippen LogP contribution in [0.3, 0.4) is 0 Å². The molecular weight excluding hydrogens is 328 g/mol. The van der Waals surface area contributed by atoms with E-state index in [1.807, 2.05) is 12.1 Å². The van der Waals surface area contributed by atoms with Crippen LogP contribution in [0.4, 0.5) is 17.1 Å². The molecule has 2 heterocycles. The van der Waals surface area contributed by atoms with Crippen molar-refractivity contribution < 1.29 is 4.92 Å². The molecule has 6 nitrogen and oxygen atoms in total. The molecule has 0 bridgehead atoms. The van der Waals surface area contributed by atoms with Crippen molar-refractivity contribution in [1.29, 1.82) is 0 Å². The van der Waals surface area contributed by atoms with Crippen LogP contribution in [-0.4, -0.2) is 29.5 Å². The third kappa shape index (κ3) is 2.63. The summed E-state index contributed by atoms with van der Waals surface area (Å²) in [5.74, 6) is 0. The molecule has 0 amide bonds. The smallest absolute Gasteiger partial charge is 0.278 e. The van der Waals surface area contributed by atoms with Crippen molar-refractivity contribution >= 4 is 27.8 Å². The number of pyridine rings is 1. The molecule has 0 saturated carbocycles. The number of fused-ring (bicyclic) bond motifs is 2. The first-order valence-corrected chi connectivity index (χ1v) is 8.63. The first-order chi connectivity index (χ1) is 12.6. The van der Waals surface area contributed by atoms with Crippen molar-refractivity contribution in [3.8, 4) is 0 Å². The lowest BCUT2D eigenvalue weighted by Crippen LogP contribution is -2.38. The predicted octanol–water partition coefficient (Wildman–Crippen LogP) is 3.99. The van der Waals surface area contributed by atoms with Crippen molar-refractivity contribution in [2.75, 3.05) is 23.4 Å². The molecule has 2 aromatic carbocycles. The van der Waals surface area contributed by atoms with Gasteiger partial charge in [-0.25, -0.2) is 0 Å². The van der Waals surface area contributed by atoms with Crippen LogP contribution in [0.5, 0.6) is 0 Å². The lowest BCUT2D eigenvalue weighted by Gasteiger charge is -2.31.